The van der Waals surface area contributed by atoms with E-state index in [4.69, 9.17) is 5.11 Å². The fourth-order valence-corrected chi connectivity index (χ4v) is 1.21. The molecular formula is C9H21NOS. The van der Waals surface area contributed by atoms with Crippen molar-refractivity contribution in [3.05, 3.63) is 0 Å². The van der Waals surface area contributed by atoms with Crippen LogP contribution in [0, 0.1) is 5.41 Å². The Hall–Kier alpha value is 0.270. The summed E-state index contributed by atoms with van der Waals surface area (Å²) in [5, 5.41) is 12.4. The minimum absolute atomic E-state index is 0.0679. The van der Waals surface area contributed by atoms with Crippen LogP contribution < -0.4 is 5.32 Å². The molecule has 0 saturated heterocycles. The summed E-state index contributed by atoms with van der Waals surface area (Å²) in [6.07, 6.45) is 3.13. The lowest BCUT2D eigenvalue weighted by molar-refractivity contribution is 0.136. The zero-order chi connectivity index (χ0) is 9.45. The second-order valence-electron chi connectivity index (χ2n) is 3.49. The van der Waals surface area contributed by atoms with Crippen molar-refractivity contribution in [3.8, 4) is 0 Å². The molecule has 0 aliphatic rings. The molecule has 0 radical (unpaired) electrons. The van der Waals surface area contributed by atoms with Crippen LogP contribution in [0.4, 0.5) is 0 Å². The number of hydrogen-bond donors (Lipinski definition) is 2. The molecule has 0 spiro atoms. The zero-order valence-corrected chi connectivity index (χ0v) is 9.21. The molecule has 0 aliphatic carbocycles. The fourth-order valence-electron chi connectivity index (χ4n) is 0.857. The average Bonchev–Trinajstić information content (AvgIpc) is 2.12. The summed E-state index contributed by atoms with van der Waals surface area (Å²) in [5.74, 6) is 1.14. The van der Waals surface area contributed by atoms with Gasteiger partial charge in [0.2, 0.25) is 0 Å². The van der Waals surface area contributed by atoms with E-state index in [2.05, 4.69) is 25.4 Å². The number of hydrogen-bond acceptors (Lipinski definition) is 3. The van der Waals surface area contributed by atoms with Crippen LogP contribution in [0.5, 0.6) is 0 Å². The predicted molar refractivity (Wildman–Crippen MR) is 56.7 cm³/mol. The number of thioether (sulfide) groups is 1. The van der Waals surface area contributed by atoms with Crippen molar-refractivity contribution in [1.82, 2.24) is 5.32 Å². The molecule has 74 valence electrons. The first kappa shape index (κ1) is 12.3. The summed E-state index contributed by atoms with van der Waals surface area (Å²) in [6.45, 7) is 6.46. The van der Waals surface area contributed by atoms with Crippen LogP contribution in [0.1, 0.15) is 20.3 Å². The van der Waals surface area contributed by atoms with E-state index in [0.717, 1.165) is 25.3 Å². The van der Waals surface area contributed by atoms with Crippen LogP contribution in [0.3, 0.4) is 0 Å². The third-order valence-electron chi connectivity index (χ3n) is 2.27. The maximum Gasteiger partial charge on any atom is 0.0496 e. The van der Waals surface area contributed by atoms with Crippen LogP contribution in [0.2, 0.25) is 0 Å². The zero-order valence-electron chi connectivity index (χ0n) is 8.39. The molecule has 0 aromatic rings. The van der Waals surface area contributed by atoms with Gasteiger partial charge in [0.25, 0.3) is 0 Å². The lowest BCUT2D eigenvalue weighted by Crippen LogP contribution is -2.35. The second kappa shape index (κ2) is 6.75. The smallest absolute Gasteiger partial charge is 0.0496 e. The normalized spacial score (nSPS) is 16.0. The van der Waals surface area contributed by atoms with Gasteiger partial charge in [0.1, 0.15) is 0 Å². The van der Waals surface area contributed by atoms with E-state index in [9.17, 15) is 0 Å². The molecule has 0 amide bonds. The highest BCUT2D eigenvalue weighted by atomic mass is 32.2. The first-order valence-corrected chi connectivity index (χ1v) is 5.88. The lowest BCUT2D eigenvalue weighted by Gasteiger charge is -2.25. The molecule has 2 N–H and O–H groups in total. The van der Waals surface area contributed by atoms with Crippen molar-refractivity contribution in [2.45, 2.75) is 20.3 Å². The van der Waals surface area contributed by atoms with Crippen molar-refractivity contribution in [3.63, 3.8) is 0 Å². The molecule has 0 fully saturated rings. The van der Waals surface area contributed by atoms with Crippen molar-refractivity contribution in [2.75, 3.05) is 31.7 Å². The highest BCUT2D eigenvalue weighted by Gasteiger charge is 2.19. The molecular weight excluding hydrogens is 170 g/mol. The Morgan fingerprint density at radius 3 is 2.58 bits per heavy atom. The van der Waals surface area contributed by atoms with Gasteiger partial charge in [0.05, 0.1) is 0 Å². The quantitative estimate of drug-likeness (QED) is 0.596. The van der Waals surface area contributed by atoms with Gasteiger partial charge >= 0.3 is 0 Å². The van der Waals surface area contributed by atoms with Crippen molar-refractivity contribution in [1.29, 1.82) is 0 Å². The largest absolute Gasteiger partial charge is 0.396 e. The molecule has 3 heteroatoms. The van der Waals surface area contributed by atoms with Crippen LogP contribution in [0.15, 0.2) is 0 Å². The van der Waals surface area contributed by atoms with E-state index in [-0.39, 0.29) is 12.0 Å². The predicted octanol–water partition coefficient (Wildman–Crippen LogP) is 1.35. The Bertz CT molecular complexity index is 105. The first-order chi connectivity index (χ1) is 5.68. The van der Waals surface area contributed by atoms with Gasteiger partial charge in [0, 0.05) is 30.9 Å². The molecule has 0 saturated carbocycles. The summed E-state index contributed by atoms with van der Waals surface area (Å²) >= 11 is 1.84. The van der Waals surface area contributed by atoms with Crippen molar-refractivity contribution >= 4 is 11.8 Å². The van der Waals surface area contributed by atoms with E-state index in [0.29, 0.717) is 0 Å². The molecule has 0 heterocycles. The van der Waals surface area contributed by atoms with Gasteiger partial charge in [-0.1, -0.05) is 13.8 Å². The number of aliphatic hydroxyl groups excluding tert-OH is 1. The topological polar surface area (TPSA) is 32.3 Å². The molecule has 0 rings (SSSR count). The number of rotatable bonds is 7. The number of aliphatic hydroxyl groups is 1. The SMILES string of the molecule is CCC(C)(CO)CNCCSC. The number of nitrogens with one attached hydrogen (secondary N) is 1. The molecule has 2 nitrogen and oxygen atoms in total. The van der Waals surface area contributed by atoms with E-state index >= 15 is 0 Å². The van der Waals surface area contributed by atoms with Gasteiger partial charge in [-0.15, -0.1) is 0 Å². The maximum atomic E-state index is 9.10. The molecule has 0 aromatic heterocycles. The van der Waals surface area contributed by atoms with Gasteiger partial charge in [-0.3, -0.25) is 0 Å². The van der Waals surface area contributed by atoms with Crippen LogP contribution in [-0.2, 0) is 0 Å². The molecule has 12 heavy (non-hydrogen) atoms. The van der Waals surface area contributed by atoms with Crippen molar-refractivity contribution < 1.29 is 5.11 Å². The monoisotopic (exact) mass is 191 g/mol. The lowest BCUT2D eigenvalue weighted by atomic mass is 9.89. The Morgan fingerprint density at radius 2 is 2.17 bits per heavy atom. The third kappa shape index (κ3) is 5.01. The maximum absolute atomic E-state index is 9.10. The highest BCUT2D eigenvalue weighted by molar-refractivity contribution is 7.98. The third-order valence-corrected chi connectivity index (χ3v) is 2.88. The fraction of sp³-hybridized carbons (Fsp3) is 1.00. The molecule has 0 bridgehead atoms. The first-order valence-electron chi connectivity index (χ1n) is 4.49. The summed E-state index contributed by atoms with van der Waals surface area (Å²) in [5.41, 5.74) is 0.0679. The van der Waals surface area contributed by atoms with Gasteiger partial charge in [-0.05, 0) is 12.7 Å². The van der Waals surface area contributed by atoms with Crippen molar-refractivity contribution in [2.24, 2.45) is 5.41 Å². The molecule has 1 unspecified atom stereocenters. The minimum Gasteiger partial charge on any atom is -0.396 e. The van der Waals surface area contributed by atoms with Gasteiger partial charge in [-0.2, -0.15) is 11.8 Å². The molecule has 0 aliphatic heterocycles. The second-order valence-corrected chi connectivity index (χ2v) is 4.48. The van der Waals surface area contributed by atoms with Crippen LogP contribution in [-0.4, -0.2) is 36.8 Å². The molecule has 1 atom stereocenters. The Kier molecular flexibility index (Phi) is 6.90. The molecule has 0 aromatic carbocycles. The van der Waals surface area contributed by atoms with Gasteiger partial charge < -0.3 is 10.4 Å². The van der Waals surface area contributed by atoms with Crippen LogP contribution >= 0.6 is 11.8 Å². The van der Waals surface area contributed by atoms with Crippen LogP contribution in [0.25, 0.3) is 0 Å². The Balaban J connectivity index is 3.45. The summed E-state index contributed by atoms with van der Waals surface area (Å²) in [6, 6.07) is 0. The Morgan fingerprint density at radius 1 is 1.50 bits per heavy atom. The van der Waals surface area contributed by atoms with E-state index < -0.39 is 0 Å². The van der Waals surface area contributed by atoms with Gasteiger partial charge in [0.15, 0.2) is 0 Å². The highest BCUT2D eigenvalue weighted by Crippen LogP contribution is 2.17. The van der Waals surface area contributed by atoms with E-state index in [1.807, 2.05) is 11.8 Å². The van der Waals surface area contributed by atoms with E-state index in [1.165, 1.54) is 0 Å². The standard InChI is InChI=1S/C9H21NOS/c1-4-9(2,8-11)7-10-5-6-12-3/h10-11H,4-8H2,1-3H3. The summed E-state index contributed by atoms with van der Waals surface area (Å²) in [4.78, 5) is 0. The minimum atomic E-state index is 0.0679. The van der Waals surface area contributed by atoms with E-state index in [1.54, 1.807) is 0 Å². The summed E-state index contributed by atoms with van der Waals surface area (Å²) in [7, 11) is 0. The Labute approximate surface area is 80.1 Å². The van der Waals surface area contributed by atoms with Gasteiger partial charge in [-0.25, -0.2) is 0 Å². The summed E-state index contributed by atoms with van der Waals surface area (Å²) < 4.78 is 0. The average molecular weight is 191 g/mol.